The van der Waals surface area contributed by atoms with Gasteiger partial charge in [0.05, 0.1) is 23.1 Å². The van der Waals surface area contributed by atoms with E-state index in [-0.39, 0.29) is 41.7 Å². The molecule has 1 aromatic rings. The van der Waals surface area contributed by atoms with Gasteiger partial charge in [0.2, 0.25) is 0 Å². The molecule has 0 heterocycles. The monoisotopic (exact) mass is 497 g/mol. The van der Waals surface area contributed by atoms with E-state index in [4.69, 9.17) is 5.73 Å². The lowest BCUT2D eigenvalue weighted by Gasteiger charge is -2.46. The number of aliphatic hydroxyl groups is 2. The number of anilines is 1. The summed E-state index contributed by atoms with van der Waals surface area (Å²) >= 11 is 0. The lowest BCUT2D eigenvalue weighted by Crippen LogP contribution is -2.55. The van der Waals surface area contributed by atoms with Crippen LogP contribution < -0.4 is 10.6 Å². The van der Waals surface area contributed by atoms with E-state index < -0.39 is 64.1 Å². The molecule has 4 unspecified atom stereocenters. The number of carbonyl (C=O) groups excluding carboxylic acids is 4. The van der Waals surface area contributed by atoms with Crippen LogP contribution in [-0.2, 0) is 20.8 Å². The lowest BCUT2D eigenvalue weighted by molar-refractivity contribution is -0.136. The number of fused-ring (bicyclic) bond motifs is 3. The highest BCUT2D eigenvalue weighted by Crippen LogP contribution is 2.52. The molecule has 0 aliphatic heterocycles. The molecule has 1 aromatic carbocycles. The minimum atomic E-state index is -1.32. The summed E-state index contributed by atoms with van der Waals surface area (Å²) in [6.07, 6.45) is 0.671. The first-order valence-electron chi connectivity index (χ1n) is 11.8. The number of likely N-dealkylation sites (N-methyl/N-ethyl adjacent to an activating group) is 1. The summed E-state index contributed by atoms with van der Waals surface area (Å²) in [4.78, 5) is 55.0. The predicted molar refractivity (Wildman–Crippen MR) is 132 cm³/mol. The molecule has 1 saturated carbocycles. The van der Waals surface area contributed by atoms with Crippen molar-refractivity contribution in [2.75, 3.05) is 33.1 Å². The van der Waals surface area contributed by atoms with Gasteiger partial charge in [0.25, 0.3) is 5.91 Å². The third-order valence-corrected chi connectivity index (χ3v) is 7.64. The topological polar surface area (TPSA) is 161 Å². The fourth-order valence-electron chi connectivity index (χ4n) is 6.12. The zero-order valence-electron chi connectivity index (χ0n) is 21.0. The predicted octanol–water partition coefficient (Wildman–Crippen LogP) is 1.51. The van der Waals surface area contributed by atoms with Crippen LogP contribution in [0, 0.1) is 17.8 Å². The highest BCUT2D eigenvalue weighted by Gasteiger charge is 2.56. The molecule has 1 fully saturated rings. The van der Waals surface area contributed by atoms with Gasteiger partial charge in [0, 0.05) is 31.8 Å². The van der Waals surface area contributed by atoms with Crippen molar-refractivity contribution in [1.82, 2.24) is 4.90 Å². The van der Waals surface area contributed by atoms with E-state index in [1.807, 2.05) is 0 Å². The van der Waals surface area contributed by atoms with E-state index in [1.54, 1.807) is 51.0 Å². The molecule has 3 aliphatic carbocycles. The number of amides is 1. The molecule has 10 nitrogen and oxygen atoms in total. The van der Waals surface area contributed by atoms with Gasteiger partial charge in [-0.15, -0.1) is 0 Å². The summed E-state index contributed by atoms with van der Waals surface area (Å²) in [5.41, 5.74) is 6.03. The molecule has 4 atom stereocenters. The summed E-state index contributed by atoms with van der Waals surface area (Å²) in [6.45, 7) is 1.66. The number of rotatable bonds is 5. The second kappa shape index (κ2) is 8.77. The molecule has 0 radical (unpaired) electrons. The molecular formula is C26H31N3O7. The number of hydrogen-bond donors (Lipinski definition) is 4. The number of allylic oxidation sites excluding steroid dienone is 1. The number of ketones is 3. The van der Waals surface area contributed by atoms with Gasteiger partial charge in [-0.3, -0.25) is 24.1 Å². The summed E-state index contributed by atoms with van der Waals surface area (Å²) in [5, 5.41) is 33.2. The normalized spacial score (nSPS) is 25.5. The average Bonchev–Trinajstić information content (AvgIpc) is 2.77. The van der Waals surface area contributed by atoms with Crippen molar-refractivity contribution in [3.8, 4) is 5.75 Å². The molecule has 192 valence electrons. The van der Waals surface area contributed by atoms with Gasteiger partial charge in [-0.25, -0.2) is 0 Å². The van der Waals surface area contributed by atoms with E-state index in [9.17, 15) is 34.5 Å². The third-order valence-electron chi connectivity index (χ3n) is 7.64. The highest BCUT2D eigenvalue weighted by atomic mass is 16.3. The second-order valence-electron chi connectivity index (χ2n) is 10.1. The molecule has 0 aromatic heterocycles. The summed E-state index contributed by atoms with van der Waals surface area (Å²) in [7, 11) is 6.90. The molecule has 0 bridgehead atoms. The number of Topliss-reactive ketones (excluding diaryl/α,β-unsaturated/α-hetero) is 3. The quantitative estimate of drug-likeness (QED) is 0.268. The van der Waals surface area contributed by atoms with Crippen molar-refractivity contribution in [1.29, 1.82) is 0 Å². The van der Waals surface area contributed by atoms with Gasteiger partial charge in [-0.2, -0.15) is 0 Å². The fourth-order valence-corrected chi connectivity index (χ4v) is 6.12. The van der Waals surface area contributed by atoms with Crippen LogP contribution in [0.5, 0.6) is 5.75 Å². The van der Waals surface area contributed by atoms with Gasteiger partial charge in [0.15, 0.2) is 17.3 Å². The van der Waals surface area contributed by atoms with Crippen LogP contribution in [0.1, 0.15) is 41.3 Å². The number of primary amides is 1. The molecule has 0 spiro atoms. The van der Waals surface area contributed by atoms with E-state index >= 15 is 0 Å². The van der Waals surface area contributed by atoms with Crippen molar-refractivity contribution < 1.29 is 34.5 Å². The number of nitrogens with two attached hydrogens (primary N) is 1. The van der Waals surface area contributed by atoms with E-state index in [1.165, 1.54) is 0 Å². The first-order valence-corrected chi connectivity index (χ1v) is 11.8. The average molecular weight is 498 g/mol. The first-order chi connectivity index (χ1) is 16.8. The van der Waals surface area contributed by atoms with Gasteiger partial charge in [-0.1, -0.05) is 6.92 Å². The number of nitrogens with zero attached hydrogens (tertiary/aromatic N) is 2. The number of hydrogen-bond acceptors (Lipinski definition) is 9. The maximum absolute atomic E-state index is 13.8. The van der Waals surface area contributed by atoms with Crippen LogP contribution in [0.2, 0.25) is 0 Å². The number of phenols is 1. The summed E-state index contributed by atoms with van der Waals surface area (Å²) in [5.74, 6) is -6.78. The Hall–Kier alpha value is -3.66. The molecule has 5 N–H and O–H groups in total. The van der Waals surface area contributed by atoms with E-state index in [2.05, 4.69) is 0 Å². The Morgan fingerprint density at radius 1 is 1.08 bits per heavy atom. The molecule has 3 aliphatic rings. The zero-order chi connectivity index (χ0) is 26.8. The van der Waals surface area contributed by atoms with Crippen LogP contribution in [-0.4, -0.2) is 77.7 Å². The number of carbonyl (C=O) groups is 4. The van der Waals surface area contributed by atoms with Gasteiger partial charge < -0.3 is 26.0 Å². The van der Waals surface area contributed by atoms with Crippen molar-refractivity contribution in [2.24, 2.45) is 23.5 Å². The SMILES string of the molecule is CCC(=O)c1cc(N(C)C)c2c(c1O)C(O)=C1C(=O)C3C(=O)C(C(N)=O)=C(O)C(N(C)C)C3CC1C2. The van der Waals surface area contributed by atoms with Gasteiger partial charge >= 0.3 is 0 Å². The van der Waals surface area contributed by atoms with Crippen molar-refractivity contribution in [2.45, 2.75) is 32.2 Å². The Morgan fingerprint density at radius 2 is 1.72 bits per heavy atom. The number of aromatic hydroxyl groups is 1. The lowest BCUT2D eigenvalue weighted by atomic mass is 9.59. The summed E-state index contributed by atoms with van der Waals surface area (Å²) in [6, 6.07) is 0.794. The fraction of sp³-hybridized carbons (Fsp3) is 0.462. The smallest absolute Gasteiger partial charge is 0.255 e. The van der Waals surface area contributed by atoms with E-state index in [0.29, 0.717) is 11.3 Å². The summed E-state index contributed by atoms with van der Waals surface area (Å²) < 4.78 is 0. The number of aliphatic hydroxyl groups excluding tert-OH is 2. The number of phenolic OH excluding ortho intramolecular Hbond substituents is 1. The van der Waals surface area contributed by atoms with Gasteiger partial charge in [0.1, 0.15) is 22.8 Å². The Labute approximate surface area is 208 Å². The van der Waals surface area contributed by atoms with Crippen LogP contribution >= 0.6 is 0 Å². The minimum Gasteiger partial charge on any atom is -0.510 e. The maximum Gasteiger partial charge on any atom is 0.255 e. The Kier molecular flexibility index (Phi) is 6.20. The minimum absolute atomic E-state index is 0.0111. The van der Waals surface area contributed by atoms with Gasteiger partial charge in [-0.05, 0) is 50.4 Å². The second-order valence-corrected chi connectivity index (χ2v) is 10.1. The van der Waals surface area contributed by atoms with Crippen LogP contribution in [0.3, 0.4) is 0 Å². The molecule has 0 saturated heterocycles. The van der Waals surface area contributed by atoms with Crippen LogP contribution in [0.25, 0.3) is 5.76 Å². The largest absolute Gasteiger partial charge is 0.510 e. The molecule has 36 heavy (non-hydrogen) atoms. The standard InChI is InChI=1S/C26H31N3O7/c1-6-15(30)12-9-14(28(2)3)11-7-10-8-13-18(23(33)16(10)22(32)17(11)21(12)31)24(34)19(26(27)36)25(35)20(13)29(4)5/h9-10,13,18,20,31-32,35H,6-8H2,1-5H3,(H2,27,36). The number of benzene rings is 1. The molecular weight excluding hydrogens is 466 g/mol. The molecule has 10 heteroatoms. The highest BCUT2D eigenvalue weighted by molar-refractivity contribution is 6.28. The first kappa shape index (κ1) is 25.4. The van der Waals surface area contributed by atoms with Crippen molar-refractivity contribution >= 4 is 34.7 Å². The Morgan fingerprint density at radius 3 is 2.25 bits per heavy atom. The molecule has 1 amide bonds. The zero-order valence-corrected chi connectivity index (χ0v) is 21.0. The Balaban J connectivity index is 1.95. The van der Waals surface area contributed by atoms with Crippen LogP contribution in [0.15, 0.2) is 23.0 Å². The van der Waals surface area contributed by atoms with E-state index in [0.717, 1.165) is 0 Å². The van der Waals surface area contributed by atoms with Crippen molar-refractivity contribution in [3.63, 3.8) is 0 Å². The molecule has 4 rings (SSSR count). The van der Waals surface area contributed by atoms with Crippen LogP contribution in [0.4, 0.5) is 5.69 Å². The Bertz CT molecular complexity index is 1270. The maximum atomic E-state index is 13.8. The third kappa shape index (κ3) is 3.50. The van der Waals surface area contributed by atoms with Crippen molar-refractivity contribution in [3.05, 3.63) is 39.7 Å².